The second-order valence-corrected chi connectivity index (χ2v) is 5.83. The van der Waals surface area contributed by atoms with E-state index in [9.17, 15) is 9.59 Å². The van der Waals surface area contributed by atoms with E-state index in [4.69, 9.17) is 16.2 Å². The number of hydrogen-bond donors (Lipinski definition) is 4. The Bertz CT molecular complexity index is 855. The lowest BCUT2D eigenvalue weighted by atomic mass is 10.2. The highest BCUT2D eigenvalue weighted by atomic mass is 16.5. The molecule has 1 aliphatic rings. The van der Waals surface area contributed by atoms with Crippen LogP contribution in [0.15, 0.2) is 16.9 Å². The van der Waals surface area contributed by atoms with Crippen molar-refractivity contribution in [3.63, 3.8) is 0 Å². The Hall–Kier alpha value is -3.10. The minimum atomic E-state index is -0.172. The molecule has 134 valence electrons. The fourth-order valence-electron chi connectivity index (χ4n) is 3.02. The van der Waals surface area contributed by atoms with Gasteiger partial charge in [-0.05, 0) is 18.9 Å². The van der Waals surface area contributed by atoms with Gasteiger partial charge in [0.25, 0.3) is 5.56 Å². The van der Waals surface area contributed by atoms with Gasteiger partial charge in [0.1, 0.15) is 23.5 Å². The minimum Gasteiger partial charge on any atom is -0.495 e. The lowest BCUT2D eigenvalue weighted by Gasteiger charge is -2.17. The van der Waals surface area contributed by atoms with Gasteiger partial charge in [0.05, 0.1) is 30.7 Å². The number of carbonyl (C=O) groups excluding carboxylic acids is 1. The molecule has 9 heteroatoms. The summed E-state index contributed by atoms with van der Waals surface area (Å²) >= 11 is 0. The van der Waals surface area contributed by atoms with Crippen molar-refractivity contribution in [2.45, 2.75) is 25.9 Å². The number of hydrogen-bond acceptors (Lipinski definition) is 7. The topological polar surface area (TPSA) is 129 Å². The molecule has 0 bridgehead atoms. The van der Waals surface area contributed by atoms with Crippen LogP contribution < -0.4 is 32.4 Å². The maximum Gasteiger partial charge on any atom is 0.292 e. The van der Waals surface area contributed by atoms with Gasteiger partial charge >= 0.3 is 0 Å². The van der Waals surface area contributed by atoms with E-state index in [1.807, 2.05) is 0 Å². The Morgan fingerprint density at radius 1 is 1.20 bits per heavy atom. The van der Waals surface area contributed by atoms with Gasteiger partial charge in [0.2, 0.25) is 0 Å². The zero-order valence-electron chi connectivity index (χ0n) is 14.0. The summed E-state index contributed by atoms with van der Waals surface area (Å²) in [5.41, 5.74) is 13.8. The number of ether oxygens (including phenoxy) is 1. The lowest BCUT2D eigenvalue weighted by Crippen LogP contribution is -2.27. The summed E-state index contributed by atoms with van der Waals surface area (Å²) in [4.78, 5) is 23.3. The predicted molar refractivity (Wildman–Crippen MR) is 97.6 cm³/mol. The maximum absolute atomic E-state index is 12.7. The van der Waals surface area contributed by atoms with Gasteiger partial charge in [-0.25, -0.2) is 4.68 Å². The van der Waals surface area contributed by atoms with Crippen LogP contribution in [0.5, 0.6) is 5.75 Å². The van der Waals surface area contributed by atoms with E-state index in [0.29, 0.717) is 47.4 Å². The van der Waals surface area contributed by atoms with Crippen molar-refractivity contribution in [2.75, 3.05) is 35.8 Å². The molecule has 6 N–H and O–H groups in total. The number of aromatic nitrogens is 2. The quantitative estimate of drug-likeness (QED) is 0.453. The molecule has 0 amide bonds. The Balaban J connectivity index is 2.04. The van der Waals surface area contributed by atoms with E-state index in [1.54, 1.807) is 21.5 Å². The number of nitrogen functional groups attached to an aromatic ring is 2. The summed E-state index contributed by atoms with van der Waals surface area (Å²) in [6.07, 6.45) is 2.68. The zero-order chi connectivity index (χ0) is 18.0. The molecule has 0 spiro atoms. The highest BCUT2D eigenvalue weighted by Crippen LogP contribution is 2.35. The average molecular weight is 346 g/mol. The van der Waals surface area contributed by atoms with Gasteiger partial charge in [-0.1, -0.05) is 0 Å². The smallest absolute Gasteiger partial charge is 0.292 e. The molecule has 2 heterocycles. The third-order valence-electron chi connectivity index (χ3n) is 4.27. The monoisotopic (exact) mass is 346 g/mol. The standard InChI is InChI=1S/C16H22N6O3/c1-25-13-9-12(11(8-10(13)17)19-4-7-23)20-14-15(18)21-5-2-3-6-22(21)16(14)24/h7-9,19-20H,2-6,17-18H2,1H3. The molecule has 1 aromatic carbocycles. The molecular weight excluding hydrogens is 324 g/mol. The van der Waals surface area contributed by atoms with Crippen LogP contribution in [0, 0.1) is 0 Å². The number of anilines is 5. The maximum atomic E-state index is 12.7. The first-order chi connectivity index (χ1) is 12.1. The summed E-state index contributed by atoms with van der Waals surface area (Å²) in [6, 6.07) is 3.32. The summed E-state index contributed by atoms with van der Waals surface area (Å²) in [5, 5.41) is 6.04. The van der Waals surface area contributed by atoms with Crippen LogP contribution in [-0.2, 0) is 17.9 Å². The third-order valence-corrected chi connectivity index (χ3v) is 4.27. The van der Waals surface area contributed by atoms with Crippen LogP contribution in [0.2, 0.25) is 0 Å². The van der Waals surface area contributed by atoms with Crippen LogP contribution >= 0.6 is 0 Å². The van der Waals surface area contributed by atoms with E-state index >= 15 is 0 Å². The molecule has 25 heavy (non-hydrogen) atoms. The van der Waals surface area contributed by atoms with E-state index in [0.717, 1.165) is 19.1 Å². The summed E-state index contributed by atoms with van der Waals surface area (Å²) < 4.78 is 8.68. The van der Waals surface area contributed by atoms with Gasteiger partial charge in [-0.2, -0.15) is 0 Å². The number of aldehydes is 1. The molecule has 1 aliphatic heterocycles. The second kappa shape index (κ2) is 6.80. The van der Waals surface area contributed by atoms with Gasteiger partial charge < -0.3 is 31.6 Å². The molecule has 0 radical (unpaired) electrons. The zero-order valence-corrected chi connectivity index (χ0v) is 14.0. The number of fused-ring (bicyclic) bond motifs is 1. The van der Waals surface area contributed by atoms with Crippen molar-refractivity contribution in [3.05, 3.63) is 22.5 Å². The van der Waals surface area contributed by atoms with Crippen molar-refractivity contribution < 1.29 is 9.53 Å². The van der Waals surface area contributed by atoms with E-state index in [-0.39, 0.29) is 12.1 Å². The van der Waals surface area contributed by atoms with Crippen LogP contribution in [0.1, 0.15) is 12.8 Å². The SMILES string of the molecule is COc1cc(Nc2c(N)n3n(c2=O)CCCC3)c(NCC=O)cc1N. The fraction of sp³-hybridized carbons (Fsp3) is 0.375. The van der Waals surface area contributed by atoms with Gasteiger partial charge in [-0.15, -0.1) is 0 Å². The molecule has 1 aromatic heterocycles. The van der Waals surface area contributed by atoms with Gasteiger partial charge in [0.15, 0.2) is 0 Å². The highest BCUT2D eigenvalue weighted by Gasteiger charge is 2.21. The van der Waals surface area contributed by atoms with Crippen LogP contribution in [-0.4, -0.2) is 29.3 Å². The number of nitrogens with two attached hydrogens (primary N) is 2. The van der Waals surface area contributed by atoms with Crippen molar-refractivity contribution in [1.82, 2.24) is 9.36 Å². The summed E-state index contributed by atoms with van der Waals surface area (Å²) in [7, 11) is 1.51. The second-order valence-electron chi connectivity index (χ2n) is 5.83. The molecule has 0 unspecified atom stereocenters. The molecule has 2 aromatic rings. The first-order valence-corrected chi connectivity index (χ1v) is 8.08. The number of benzene rings is 1. The molecule has 0 saturated carbocycles. The van der Waals surface area contributed by atoms with Crippen molar-refractivity contribution >= 4 is 34.9 Å². The first kappa shape index (κ1) is 16.7. The Labute approximate surface area is 144 Å². The van der Waals surface area contributed by atoms with Crippen LogP contribution in [0.25, 0.3) is 0 Å². The Kier molecular flexibility index (Phi) is 4.55. The largest absolute Gasteiger partial charge is 0.495 e. The molecule has 0 aliphatic carbocycles. The fourth-order valence-corrected chi connectivity index (χ4v) is 3.02. The molecule has 0 atom stereocenters. The lowest BCUT2D eigenvalue weighted by molar-refractivity contribution is -0.106. The number of rotatable bonds is 6. The average Bonchev–Trinajstić information content (AvgIpc) is 2.86. The Morgan fingerprint density at radius 2 is 1.92 bits per heavy atom. The van der Waals surface area contributed by atoms with Crippen molar-refractivity contribution in [2.24, 2.45) is 0 Å². The highest BCUT2D eigenvalue weighted by molar-refractivity contribution is 5.83. The molecule has 3 rings (SSSR count). The number of nitrogens with zero attached hydrogens (tertiary/aromatic N) is 2. The predicted octanol–water partition coefficient (Wildman–Crippen LogP) is 0.971. The Morgan fingerprint density at radius 3 is 2.56 bits per heavy atom. The van der Waals surface area contributed by atoms with Crippen LogP contribution in [0.4, 0.5) is 28.6 Å². The van der Waals surface area contributed by atoms with Gasteiger partial charge in [-0.3, -0.25) is 9.48 Å². The van der Waals surface area contributed by atoms with Crippen molar-refractivity contribution in [3.8, 4) is 5.75 Å². The first-order valence-electron chi connectivity index (χ1n) is 8.08. The minimum absolute atomic E-state index is 0.112. The normalized spacial score (nSPS) is 13.2. The molecule has 9 nitrogen and oxygen atoms in total. The third kappa shape index (κ3) is 3.00. The summed E-state index contributed by atoms with van der Waals surface area (Å²) in [6.45, 7) is 1.47. The molecule has 0 fully saturated rings. The number of carbonyl (C=O) groups is 1. The van der Waals surface area contributed by atoms with E-state index in [1.165, 1.54) is 7.11 Å². The van der Waals surface area contributed by atoms with Gasteiger partial charge in [0, 0.05) is 19.2 Å². The molecule has 0 saturated heterocycles. The van der Waals surface area contributed by atoms with E-state index in [2.05, 4.69) is 10.6 Å². The summed E-state index contributed by atoms with van der Waals surface area (Å²) in [5.74, 6) is 0.851. The number of methoxy groups -OCH3 is 1. The van der Waals surface area contributed by atoms with E-state index < -0.39 is 0 Å². The van der Waals surface area contributed by atoms with Crippen molar-refractivity contribution in [1.29, 1.82) is 0 Å². The molecular formula is C16H22N6O3. The number of nitrogens with one attached hydrogen (secondary N) is 2. The van der Waals surface area contributed by atoms with Crippen LogP contribution in [0.3, 0.4) is 0 Å².